The summed E-state index contributed by atoms with van der Waals surface area (Å²) in [6.45, 7) is 3.68. The second-order valence-electron chi connectivity index (χ2n) is 5.11. The number of aliphatic hydroxyl groups excluding tert-OH is 1. The van der Waals surface area contributed by atoms with Crippen molar-refractivity contribution in [3.63, 3.8) is 0 Å². The highest BCUT2D eigenvalue weighted by Gasteiger charge is 2.17. The first-order valence-corrected chi connectivity index (χ1v) is 6.56. The van der Waals surface area contributed by atoms with E-state index in [0.717, 1.165) is 0 Å². The molecule has 5 nitrogen and oxygen atoms in total. The third kappa shape index (κ3) is 2.88. The third-order valence-corrected chi connectivity index (χ3v) is 3.32. The lowest BCUT2D eigenvalue weighted by Crippen LogP contribution is -2.41. The second kappa shape index (κ2) is 5.88. The Bertz CT molecular complexity index is 676. The summed E-state index contributed by atoms with van der Waals surface area (Å²) in [6.07, 6.45) is 0. The molecule has 0 radical (unpaired) electrons. The molecule has 0 fully saturated rings. The molecule has 1 amide bonds. The van der Waals surface area contributed by atoms with Gasteiger partial charge in [-0.15, -0.1) is 0 Å². The first kappa shape index (κ1) is 14.3. The lowest BCUT2D eigenvalue weighted by Gasteiger charge is -2.19. The molecule has 2 aromatic rings. The molecule has 0 aliphatic rings. The molecule has 3 N–H and O–H groups in total. The molecule has 0 bridgehead atoms. The highest BCUT2D eigenvalue weighted by Crippen LogP contribution is 2.10. The fourth-order valence-electron chi connectivity index (χ4n) is 2.00. The minimum Gasteiger partial charge on any atom is -0.394 e. The Kier molecular flexibility index (Phi) is 4.20. The van der Waals surface area contributed by atoms with Gasteiger partial charge in [-0.2, -0.15) is 0 Å². The predicted molar refractivity (Wildman–Crippen MR) is 77.7 cm³/mol. The van der Waals surface area contributed by atoms with E-state index in [4.69, 9.17) is 0 Å². The maximum absolute atomic E-state index is 12.1. The average Bonchev–Trinajstić information content (AvgIpc) is 2.44. The normalized spacial score (nSPS) is 12.6. The number of rotatable bonds is 4. The van der Waals surface area contributed by atoms with Gasteiger partial charge in [0, 0.05) is 5.39 Å². The summed E-state index contributed by atoms with van der Waals surface area (Å²) in [5.74, 6) is -0.281. The number of benzene rings is 1. The highest BCUT2D eigenvalue weighted by atomic mass is 16.3. The Morgan fingerprint density at radius 3 is 2.70 bits per heavy atom. The van der Waals surface area contributed by atoms with Crippen LogP contribution in [0, 0.1) is 5.92 Å². The standard InChI is InChI=1S/C15H18N2O3/c1-9(2)13(8-18)17-15(20)12-7-10-5-3-4-6-11(10)14(19)16-12/h3-7,9,13,18H,8H2,1-2H3,(H,16,19)(H,17,20). The zero-order chi connectivity index (χ0) is 14.7. The van der Waals surface area contributed by atoms with Gasteiger partial charge in [0.25, 0.3) is 11.5 Å². The molecule has 0 saturated heterocycles. The summed E-state index contributed by atoms with van der Waals surface area (Å²) in [5, 5.41) is 13.2. The van der Waals surface area contributed by atoms with Crippen LogP contribution in [0.1, 0.15) is 24.3 Å². The van der Waals surface area contributed by atoms with Crippen molar-refractivity contribution in [3.8, 4) is 0 Å². The number of hydrogen-bond donors (Lipinski definition) is 3. The van der Waals surface area contributed by atoms with E-state index in [1.165, 1.54) is 0 Å². The quantitative estimate of drug-likeness (QED) is 0.785. The van der Waals surface area contributed by atoms with E-state index < -0.39 is 0 Å². The lowest BCUT2D eigenvalue weighted by atomic mass is 10.1. The molecule has 1 aromatic heterocycles. The van der Waals surface area contributed by atoms with Crippen molar-refractivity contribution in [1.82, 2.24) is 10.3 Å². The summed E-state index contributed by atoms with van der Waals surface area (Å²) >= 11 is 0. The summed E-state index contributed by atoms with van der Waals surface area (Å²) in [5.41, 5.74) is -0.0915. The van der Waals surface area contributed by atoms with E-state index in [1.54, 1.807) is 24.3 Å². The van der Waals surface area contributed by atoms with Gasteiger partial charge >= 0.3 is 0 Å². The number of aromatic nitrogens is 1. The van der Waals surface area contributed by atoms with Crippen LogP contribution in [0.4, 0.5) is 0 Å². The molecular weight excluding hydrogens is 256 g/mol. The maximum atomic E-state index is 12.1. The van der Waals surface area contributed by atoms with Crippen molar-refractivity contribution in [2.75, 3.05) is 6.61 Å². The van der Waals surface area contributed by atoms with Gasteiger partial charge in [-0.05, 0) is 23.4 Å². The van der Waals surface area contributed by atoms with Gasteiger partial charge in [-0.1, -0.05) is 32.0 Å². The zero-order valence-electron chi connectivity index (χ0n) is 11.5. The number of H-pyrrole nitrogens is 1. The molecule has 1 heterocycles. The van der Waals surface area contributed by atoms with Gasteiger partial charge < -0.3 is 15.4 Å². The Morgan fingerprint density at radius 1 is 1.35 bits per heavy atom. The van der Waals surface area contributed by atoms with Crippen molar-refractivity contribution in [1.29, 1.82) is 0 Å². The van der Waals surface area contributed by atoms with Gasteiger partial charge in [0.1, 0.15) is 5.69 Å². The molecular formula is C15H18N2O3. The van der Waals surface area contributed by atoms with Gasteiger partial charge in [0.2, 0.25) is 0 Å². The van der Waals surface area contributed by atoms with Crippen molar-refractivity contribution in [2.45, 2.75) is 19.9 Å². The topological polar surface area (TPSA) is 82.2 Å². The summed E-state index contributed by atoms with van der Waals surface area (Å²) in [6, 6.07) is 8.39. The van der Waals surface area contributed by atoms with Crippen molar-refractivity contribution < 1.29 is 9.90 Å². The fourth-order valence-corrected chi connectivity index (χ4v) is 2.00. The van der Waals surface area contributed by atoms with Crippen LogP contribution in [0.25, 0.3) is 10.8 Å². The van der Waals surface area contributed by atoms with E-state index in [1.807, 2.05) is 19.9 Å². The first-order valence-electron chi connectivity index (χ1n) is 6.56. The Morgan fingerprint density at radius 2 is 2.05 bits per heavy atom. The van der Waals surface area contributed by atoms with E-state index in [9.17, 15) is 14.7 Å². The van der Waals surface area contributed by atoms with Gasteiger partial charge in [0.15, 0.2) is 0 Å². The zero-order valence-corrected chi connectivity index (χ0v) is 11.5. The molecule has 0 spiro atoms. The fraction of sp³-hybridized carbons (Fsp3) is 0.333. The van der Waals surface area contributed by atoms with Crippen LogP contribution in [0.15, 0.2) is 35.1 Å². The Balaban J connectivity index is 2.33. The molecule has 20 heavy (non-hydrogen) atoms. The molecule has 0 saturated carbocycles. The number of fused-ring (bicyclic) bond motifs is 1. The molecule has 0 aliphatic heterocycles. The number of aliphatic hydroxyl groups is 1. The highest BCUT2D eigenvalue weighted by molar-refractivity contribution is 5.96. The molecule has 1 atom stereocenters. The number of carbonyl (C=O) groups excluding carboxylic acids is 1. The summed E-state index contributed by atoms with van der Waals surface area (Å²) in [7, 11) is 0. The van der Waals surface area contributed by atoms with Gasteiger partial charge in [-0.25, -0.2) is 0 Å². The van der Waals surface area contributed by atoms with Crippen LogP contribution in [-0.4, -0.2) is 28.6 Å². The number of amides is 1. The van der Waals surface area contributed by atoms with Crippen LogP contribution >= 0.6 is 0 Å². The maximum Gasteiger partial charge on any atom is 0.268 e. The minimum absolute atomic E-state index is 0.108. The lowest BCUT2D eigenvalue weighted by molar-refractivity contribution is 0.0891. The molecule has 1 aromatic carbocycles. The third-order valence-electron chi connectivity index (χ3n) is 3.32. The Hall–Kier alpha value is -2.14. The minimum atomic E-state index is -0.388. The average molecular weight is 274 g/mol. The smallest absolute Gasteiger partial charge is 0.268 e. The largest absolute Gasteiger partial charge is 0.394 e. The van der Waals surface area contributed by atoms with Gasteiger partial charge in [-0.3, -0.25) is 9.59 Å². The van der Waals surface area contributed by atoms with Crippen molar-refractivity contribution in [3.05, 3.63) is 46.4 Å². The second-order valence-corrected chi connectivity index (χ2v) is 5.11. The van der Waals surface area contributed by atoms with Crippen LogP contribution in [0.2, 0.25) is 0 Å². The van der Waals surface area contributed by atoms with E-state index in [-0.39, 0.29) is 35.7 Å². The molecule has 0 aliphatic carbocycles. The van der Waals surface area contributed by atoms with E-state index >= 15 is 0 Å². The van der Waals surface area contributed by atoms with Crippen molar-refractivity contribution >= 4 is 16.7 Å². The number of nitrogens with one attached hydrogen (secondary N) is 2. The van der Waals surface area contributed by atoms with Crippen LogP contribution in [0.5, 0.6) is 0 Å². The van der Waals surface area contributed by atoms with Gasteiger partial charge in [0.05, 0.1) is 12.6 Å². The Labute approximate surface area is 116 Å². The molecule has 106 valence electrons. The predicted octanol–water partition coefficient (Wildman–Crippen LogP) is 1.27. The monoisotopic (exact) mass is 274 g/mol. The molecule has 5 heteroatoms. The number of pyridine rings is 1. The summed E-state index contributed by atoms with van der Waals surface area (Å²) < 4.78 is 0. The SMILES string of the molecule is CC(C)C(CO)NC(=O)c1cc2ccccc2c(=O)[nH]1. The van der Waals surface area contributed by atoms with Crippen LogP contribution in [0.3, 0.4) is 0 Å². The van der Waals surface area contributed by atoms with E-state index in [2.05, 4.69) is 10.3 Å². The van der Waals surface area contributed by atoms with Crippen molar-refractivity contribution in [2.24, 2.45) is 5.92 Å². The summed E-state index contributed by atoms with van der Waals surface area (Å²) in [4.78, 5) is 26.6. The molecule has 2 rings (SSSR count). The van der Waals surface area contributed by atoms with E-state index in [0.29, 0.717) is 10.8 Å². The van der Waals surface area contributed by atoms with Crippen LogP contribution < -0.4 is 10.9 Å². The number of hydrogen-bond acceptors (Lipinski definition) is 3. The molecule has 1 unspecified atom stereocenters. The first-order chi connectivity index (χ1) is 9.52. The number of aromatic amines is 1. The van der Waals surface area contributed by atoms with Crippen LogP contribution in [-0.2, 0) is 0 Å². The number of carbonyl (C=O) groups is 1.